The minimum Gasteiger partial charge on any atom is -0.481 e. The van der Waals surface area contributed by atoms with Crippen molar-refractivity contribution in [3.63, 3.8) is 0 Å². The molecule has 2 fully saturated rings. The van der Waals surface area contributed by atoms with Gasteiger partial charge in [0.1, 0.15) is 6.04 Å². The van der Waals surface area contributed by atoms with Crippen LogP contribution in [0.1, 0.15) is 116 Å². The molecule has 0 spiro atoms. The number of halogens is 3. The molecule has 2 N–H and O–H groups in total. The summed E-state index contributed by atoms with van der Waals surface area (Å²) >= 11 is 0. The molecule has 2 aliphatic carbocycles. The monoisotopic (exact) mass is 691 g/mol. The van der Waals surface area contributed by atoms with Gasteiger partial charge in [-0.3, -0.25) is 14.4 Å². The second kappa shape index (κ2) is 14.4. The van der Waals surface area contributed by atoms with Crippen LogP contribution in [0.3, 0.4) is 0 Å². The largest absolute Gasteiger partial charge is 0.481 e. The van der Waals surface area contributed by atoms with Crippen molar-refractivity contribution in [1.82, 2.24) is 14.8 Å². The van der Waals surface area contributed by atoms with E-state index in [0.29, 0.717) is 43.6 Å². The molecule has 2 aromatic carbocycles. The Morgan fingerprint density at radius 3 is 2.28 bits per heavy atom. The molecule has 1 amide bonds. The predicted molar refractivity (Wildman–Crippen MR) is 187 cm³/mol. The van der Waals surface area contributed by atoms with Crippen molar-refractivity contribution in [1.29, 1.82) is 0 Å². The molecule has 0 bridgehead atoms. The summed E-state index contributed by atoms with van der Waals surface area (Å²) in [7, 11) is 0. The fraction of sp³-hybridized carbons (Fsp3) is 0.525. The standard InChI is InChI=1S/C40H48F3N3O4/c1-23(2)17-35(46-22-32(33(20-36(46)47)40(41,42)43)26-13-15-45(16-14-26)29-11-12-29)39(50)44-34(21-37(48)49)28-18-27-9-6-10-30(27)31(19-28)38-24(3)7-5-8-25(38)4/h5,7-8,18-20,22-23,26,29,34-35H,6,9-17,21H2,1-4H3,(H,44,50)(H,48,49)/t34-,35-/m0/s1. The first kappa shape index (κ1) is 35.9. The molecule has 3 aromatic rings. The Morgan fingerprint density at radius 2 is 1.68 bits per heavy atom. The number of carbonyl (C=O) groups is 2. The highest BCUT2D eigenvalue weighted by Crippen LogP contribution is 2.41. The second-order valence-electron chi connectivity index (χ2n) is 15.1. The van der Waals surface area contributed by atoms with Crippen molar-refractivity contribution in [2.24, 2.45) is 5.92 Å². The average Bonchev–Trinajstić information content (AvgIpc) is 3.79. The van der Waals surface area contributed by atoms with Gasteiger partial charge in [0.05, 0.1) is 18.0 Å². The van der Waals surface area contributed by atoms with E-state index >= 15 is 0 Å². The Bertz CT molecular complexity index is 1800. The van der Waals surface area contributed by atoms with E-state index in [2.05, 4.69) is 36.2 Å². The van der Waals surface area contributed by atoms with Crippen molar-refractivity contribution >= 4 is 11.9 Å². The number of alkyl halides is 3. The molecule has 3 aliphatic rings. The van der Waals surface area contributed by atoms with E-state index in [4.69, 9.17) is 0 Å². The van der Waals surface area contributed by atoms with Gasteiger partial charge in [-0.1, -0.05) is 38.1 Å². The van der Waals surface area contributed by atoms with Gasteiger partial charge < -0.3 is 19.9 Å². The third-order valence-electron chi connectivity index (χ3n) is 10.9. The Kier molecular flexibility index (Phi) is 10.3. The van der Waals surface area contributed by atoms with E-state index in [1.54, 1.807) is 0 Å². The summed E-state index contributed by atoms with van der Waals surface area (Å²) in [6.45, 7) is 9.27. The summed E-state index contributed by atoms with van der Waals surface area (Å²) in [5.74, 6) is -2.17. The minimum absolute atomic E-state index is 0.0491. The molecule has 6 rings (SSSR count). The van der Waals surface area contributed by atoms with Gasteiger partial charge in [-0.2, -0.15) is 13.2 Å². The van der Waals surface area contributed by atoms with Gasteiger partial charge in [0, 0.05) is 18.3 Å². The molecule has 50 heavy (non-hydrogen) atoms. The van der Waals surface area contributed by atoms with Crippen LogP contribution in [0.25, 0.3) is 11.1 Å². The molecular weight excluding hydrogens is 643 g/mol. The number of likely N-dealkylation sites (tertiary alicyclic amines) is 1. The lowest BCUT2D eigenvalue weighted by Crippen LogP contribution is -2.41. The van der Waals surface area contributed by atoms with Crippen LogP contribution in [0.4, 0.5) is 13.2 Å². The number of amides is 1. The number of fused-ring (bicyclic) bond motifs is 1. The number of carboxylic acids is 1. The molecule has 2 heterocycles. The maximum absolute atomic E-state index is 14.4. The fourth-order valence-electron chi connectivity index (χ4n) is 8.28. The van der Waals surface area contributed by atoms with Crippen LogP contribution in [0.5, 0.6) is 0 Å². The summed E-state index contributed by atoms with van der Waals surface area (Å²) in [6.07, 6.45) is 2.40. The summed E-state index contributed by atoms with van der Waals surface area (Å²) in [6, 6.07) is 9.21. The first-order chi connectivity index (χ1) is 23.7. The lowest BCUT2D eigenvalue weighted by atomic mass is 9.86. The number of rotatable bonds is 11. The quantitative estimate of drug-likeness (QED) is 0.213. The molecule has 1 saturated heterocycles. The Morgan fingerprint density at radius 1 is 1.00 bits per heavy atom. The van der Waals surface area contributed by atoms with Crippen LogP contribution >= 0.6 is 0 Å². The lowest BCUT2D eigenvalue weighted by molar-refractivity contribution is -0.139. The molecule has 2 atom stereocenters. The van der Waals surface area contributed by atoms with Gasteiger partial charge in [-0.15, -0.1) is 0 Å². The summed E-state index contributed by atoms with van der Waals surface area (Å²) in [4.78, 5) is 42.4. The summed E-state index contributed by atoms with van der Waals surface area (Å²) < 4.78 is 44.3. The second-order valence-corrected chi connectivity index (χ2v) is 15.1. The van der Waals surface area contributed by atoms with Gasteiger partial charge in [0.15, 0.2) is 0 Å². The number of pyridine rings is 1. The molecule has 268 valence electrons. The van der Waals surface area contributed by atoms with Crippen molar-refractivity contribution in [2.75, 3.05) is 13.1 Å². The van der Waals surface area contributed by atoms with E-state index in [1.807, 2.05) is 32.0 Å². The highest BCUT2D eigenvalue weighted by atomic mass is 19.4. The highest BCUT2D eigenvalue weighted by Gasteiger charge is 2.40. The Hall–Kier alpha value is -3.92. The van der Waals surface area contributed by atoms with E-state index in [9.17, 15) is 32.7 Å². The predicted octanol–water partition coefficient (Wildman–Crippen LogP) is 7.90. The zero-order valence-corrected chi connectivity index (χ0v) is 29.4. The van der Waals surface area contributed by atoms with Crippen LogP contribution < -0.4 is 10.9 Å². The first-order valence-electron chi connectivity index (χ1n) is 18.0. The van der Waals surface area contributed by atoms with Gasteiger partial charge in [0.2, 0.25) is 5.91 Å². The minimum atomic E-state index is -4.72. The van der Waals surface area contributed by atoms with Crippen LogP contribution in [-0.4, -0.2) is 45.6 Å². The van der Waals surface area contributed by atoms with E-state index in [-0.39, 0.29) is 17.9 Å². The van der Waals surface area contributed by atoms with E-state index < -0.39 is 53.6 Å². The zero-order valence-electron chi connectivity index (χ0n) is 29.4. The van der Waals surface area contributed by atoms with Crippen molar-refractivity contribution < 1.29 is 27.9 Å². The summed E-state index contributed by atoms with van der Waals surface area (Å²) in [5, 5.41) is 13.0. The van der Waals surface area contributed by atoms with Gasteiger partial charge >= 0.3 is 12.1 Å². The number of aliphatic carboxylic acids is 1. The Balaban J connectivity index is 1.37. The van der Waals surface area contributed by atoms with E-state index in [0.717, 1.165) is 64.5 Å². The number of carboxylic acid groups (broad SMARTS) is 1. The molecule has 7 nitrogen and oxygen atoms in total. The van der Waals surface area contributed by atoms with Gasteiger partial charge in [0.25, 0.3) is 5.56 Å². The lowest BCUT2D eigenvalue weighted by Gasteiger charge is -2.34. The fourth-order valence-corrected chi connectivity index (χ4v) is 8.28. The number of benzene rings is 2. The molecule has 0 unspecified atom stereocenters. The van der Waals surface area contributed by atoms with Crippen molar-refractivity contribution in [2.45, 2.75) is 116 Å². The molecule has 1 aromatic heterocycles. The molecular formula is C40H48F3N3O4. The molecule has 10 heteroatoms. The highest BCUT2D eigenvalue weighted by molar-refractivity contribution is 5.82. The number of aromatic nitrogens is 1. The van der Waals surface area contributed by atoms with E-state index in [1.165, 1.54) is 11.8 Å². The van der Waals surface area contributed by atoms with Gasteiger partial charge in [-0.05, 0) is 141 Å². The van der Waals surface area contributed by atoms with Crippen LogP contribution in [0.15, 0.2) is 47.4 Å². The third-order valence-corrected chi connectivity index (χ3v) is 10.9. The topological polar surface area (TPSA) is 91.6 Å². The van der Waals surface area contributed by atoms with Crippen LogP contribution in [0.2, 0.25) is 0 Å². The first-order valence-corrected chi connectivity index (χ1v) is 18.0. The summed E-state index contributed by atoms with van der Waals surface area (Å²) in [5.41, 5.74) is 5.55. The average molecular weight is 692 g/mol. The Labute approximate surface area is 291 Å². The number of nitrogens with one attached hydrogen (secondary N) is 1. The number of carbonyl (C=O) groups excluding carboxylic acids is 1. The molecule has 0 radical (unpaired) electrons. The number of hydrogen-bond donors (Lipinski definition) is 2. The van der Waals surface area contributed by atoms with Crippen molar-refractivity contribution in [3.8, 4) is 11.1 Å². The molecule has 1 saturated carbocycles. The van der Waals surface area contributed by atoms with Crippen molar-refractivity contribution in [3.05, 3.63) is 91.9 Å². The number of piperidine rings is 1. The number of nitrogens with zero attached hydrogens (tertiary/aromatic N) is 2. The zero-order chi connectivity index (χ0) is 35.9. The maximum Gasteiger partial charge on any atom is 0.416 e. The normalized spacial score (nSPS) is 18.2. The number of hydrogen-bond acceptors (Lipinski definition) is 4. The SMILES string of the molecule is Cc1cccc(C)c1-c1cc([C@H](CC(=O)O)NC(=O)[C@H](CC(C)C)n2cc(C3CCN(C4CC4)CC3)c(C(F)(F)F)cc2=O)cc2c1CCC2. The van der Waals surface area contributed by atoms with Crippen LogP contribution in [-0.2, 0) is 28.6 Å². The maximum atomic E-state index is 14.4. The third kappa shape index (κ3) is 7.70. The number of aryl methyl sites for hydroxylation is 3. The smallest absolute Gasteiger partial charge is 0.416 e. The molecule has 1 aliphatic heterocycles. The van der Waals surface area contributed by atoms with Gasteiger partial charge in [-0.25, -0.2) is 0 Å². The van der Waals surface area contributed by atoms with Crippen LogP contribution in [0, 0.1) is 19.8 Å².